The third-order valence-corrected chi connectivity index (χ3v) is 9.07. The number of aryl methyl sites for hydroxylation is 3. The van der Waals surface area contributed by atoms with Gasteiger partial charge in [-0.05, 0) is 98.5 Å². The number of hydrogen-bond donors (Lipinski definition) is 1. The second-order valence-electron chi connectivity index (χ2n) is 12.4. The second-order valence-corrected chi connectivity index (χ2v) is 12.8. The first-order chi connectivity index (χ1) is 23.4. The van der Waals surface area contributed by atoms with E-state index in [1.165, 1.54) is 0 Å². The molecule has 1 fully saturated rings. The number of nitrogens with one attached hydrogen (secondary N) is 1. The number of halogens is 1. The van der Waals surface area contributed by atoms with Crippen molar-refractivity contribution in [1.82, 2.24) is 15.2 Å². The number of carbonyl (C=O) groups is 1. The number of rotatable bonds is 18. The quantitative estimate of drug-likeness (QED) is 0.124. The van der Waals surface area contributed by atoms with Crippen molar-refractivity contribution in [3.63, 3.8) is 0 Å². The fourth-order valence-corrected chi connectivity index (χ4v) is 6.31. The maximum absolute atomic E-state index is 14.7. The smallest absolute Gasteiger partial charge is 0.252 e. The molecule has 1 N–H and O–H groups in total. The first-order valence-electron chi connectivity index (χ1n) is 16.8. The summed E-state index contributed by atoms with van der Waals surface area (Å²) in [6, 6.07) is 16.0. The van der Waals surface area contributed by atoms with Crippen LogP contribution in [0.25, 0.3) is 5.57 Å². The van der Waals surface area contributed by atoms with E-state index < -0.39 is 0 Å². The Bertz CT molecular complexity index is 1520. The van der Waals surface area contributed by atoms with Crippen molar-refractivity contribution >= 4 is 23.1 Å². The third-order valence-electron chi connectivity index (χ3n) is 8.73. The Morgan fingerprint density at radius 2 is 1.75 bits per heavy atom. The van der Waals surface area contributed by atoms with E-state index in [1.807, 2.05) is 67.3 Å². The fourth-order valence-electron chi connectivity index (χ4n) is 6.15. The van der Waals surface area contributed by atoms with Gasteiger partial charge in [0.2, 0.25) is 0 Å². The number of nitrogens with zero attached hydrogens (tertiary/aromatic N) is 2. The third kappa shape index (κ3) is 9.57. The van der Waals surface area contributed by atoms with Gasteiger partial charge in [-0.1, -0.05) is 41.9 Å². The summed E-state index contributed by atoms with van der Waals surface area (Å²) in [5.41, 5.74) is 6.80. The summed E-state index contributed by atoms with van der Waals surface area (Å²) in [6.45, 7) is 7.24. The minimum atomic E-state index is -0.284. The van der Waals surface area contributed by atoms with Crippen LogP contribution < -0.4 is 14.8 Å². The zero-order valence-electron chi connectivity index (χ0n) is 28.6. The molecule has 258 valence electrons. The zero-order chi connectivity index (χ0) is 33.9. The summed E-state index contributed by atoms with van der Waals surface area (Å²) < 4.78 is 28.2. The number of methoxy groups -OCH3 is 2. The molecule has 0 bridgehead atoms. The molecule has 2 aliphatic rings. The molecule has 1 saturated carbocycles. The standard InChI is InChI=1S/C38H48ClN3O6/c1-26-7-5-8-27(2)37(26)48-20-19-47-32-14-10-28(11-15-32)33-16-17-40-35(24-46-25-45-4)36(33)38(43)42(31-12-13-31)23-29-21-30(9-6-18-44-3)41-22-34(29)39/h5,7-8,10-11,14-15,21-22,31,35,40H,6,9,12-13,16-20,23-25H2,1-4H3. The first-order valence-corrected chi connectivity index (χ1v) is 17.2. The summed E-state index contributed by atoms with van der Waals surface area (Å²) in [6.07, 6.45) is 5.99. The maximum atomic E-state index is 14.7. The van der Waals surface area contributed by atoms with E-state index in [1.54, 1.807) is 20.4 Å². The van der Waals surface area contributed by atoms with Crippen LogP contribution >= 0.6 is 11.6 Å². The molecule has 9 nitrogen and oxygen atoms in total. The van der Waals surface area contributed by atoms with Gasteiger partial charge in [0, 0.05) is 50.9 Å². The van der Waals surface area contributed by atoms with E-state index >= 15 is 0 Å². The summed E-state index contributed by atoms with van der Waals surface area (Å²) in [5.74, 6) is 1.66. The Balaban J connectivity index is 1.35. The highest BCUT2D eigenvalue weighted by molar-refractivity contribution is 6.31. The van der Waals surface area contributed by atoms with Crippen LogP contribution in [-0.2, 0) is 32.0 Å². The van der Waals surface area contributed by atoms with E-state index in [0.717, 1.165) is 82.8 Å². The average molecular weight is 678 g/mol. The van der Waals surface area contributed by atoms with Gasteiger partial charge >= 0.3 is 0 Å². The van der Waals surface area contributed by atoms with Crippen LogP contribution in [-0.4, -0.2) is 81.9 Å². The highest BCUT2D eigenvalue weighted by atomic mass is 35.5. The van der Waals surface area contributed by atoms with E-state index in [9.17, 15) is 4.79 Å². The number of hydrogen-bond acceptors (Lipinski definition) is 8. The van der Waals surface area contributed by atoms with Crippen LogP contribution in [0.15, 0.2) is 60.3 Å². The molecule has 1 atom stereocenters. The molecule has 1 aliphatic heterocycles. The molecule has 1 amide bonds. The van der Waals surface area contributed by atoms with Gasteiger partial charge in [0.1, 0.15) is 31.5 Å². The topological polar surface area (TPSA) is 91.4 Å². The van der Waals surface area contributed by atoms with Gasteiger partial charge in [-0.3, -0.25) is 9.78 Å². The van der Waals surface area contributed by atoms with Crippen molar-refractivity contribution in [2.24, 2.45) is 0 Å². The van der Waals surface area contributed by atoms with Crippen molar-refractivity contribution in [2.45, 2.75) is 64.6 Å². The van der Waals surface area contributed by atoms with E-state index in [2.05, 4.69) is 10.3 Å². The van der Waals surface area contributed by atoms with Gasteiger partial charge in [-0.25, -0.2) is 0 Å². The number of benzene rings is 2. The number of amides is 1. The highest BCUT2D eigenvalue weighted by Crippen LogP contribution is 2.36. The predicted octanol–water partition coefficient (Wildman–Crippen LogP) is 6.32. The van der Waals surface area contributed by atoms with Gasteiger partial charge in [0.15, 0.2) is 0 Å². The Morgan fingerprint density at radius 3 is 2.46 bits per heavy atom. The van der Waals surface area contributed by atoms with Crippen LogP contribution in [0.4, 0.5) is 0 Å². The first kappa shape index (κ1) is 35.8. The SMILES string of the molecule is COCCCc1cc(CN(C(=O)C2=C(c3ccc(OCCOc4c(C)cccc4C)cc3)CCNC2COCOC)C2CC2)c(Cl)cn1. The Hall–Kier alpha value is -3.47. The Kier molecular flexibility index (Phi) is 13.3. The lowest BCUT2D eigenvalue weighted by molar-refractivity contribution is -0.129. The monoisotopic (exact) mass is 677 g/mol. The number of pyridine rings is 1. The lowest BCUT2D eigenvalue weighted by Gasteiger charge is -2.33. The lowest BCUT2D eigenvalue weighted by Crippen LogP contribution is -2.47. The van der Waals surface area contributed by atoms with Crippen LogP contribution in [0.1, 0.15) is 53.6 Å². The highest BCUT2D eigenvalue weighted by Gasteiger charge is 2.38. The molecule has 10 heteroatoms. The van der Waals surface area contributed by atoms with Crippen LogP contribution in [0, 0.1) is 13.8 Å². The molecule has 0 saturated heterocycles. The van der Waals surface area contributed by atoms with Crippen molar-refractivity contribution in [3.8, 4) is 11.5 Å². The van der Waals surface area contributed by atoms with E-state index in [4.69, 9.17) is 35.3 Å². The molecule has 0 radical (unpaired) electrons. The second kappa shape index (κ2) is 17.8. The predicted molar refractivity (Wildman–Crippen MR) is 188 cm³/mol. The molecular formula is C38H48ClN3O6. The minimum absolute atomic E-state index is 0.00324. The van der Waals surface area contributed by atoms with Gasteiger partial charge in [0.05, 0.1) is 17.7 Å². The maximum Gasteiger partial charge on any atom is 0.252 e. The number of ether oxygens (including phenoxy) is 5. The summed E-state index contributed by atoms with van der Waals surface area (Å²) in [7, 11) is 3.29. The number of para-hydroxylation sites is 1. The molecule has 2 aromatic carbocycles. The Morgan fingerprint density at radius 1 is 1.00 bits per heavy atom. The fraction of sp³-hybridized carbons (Fsp3) is 0.474. The number of aromatic nitrogens is 1. The van der Waals surface area contributed by atoms with Crippen molar-refractivity contribution < 1.29 is 28.5 Å². The van der Waals surface area contributed by atoms with Crippen molar-refractivity contribution in [1.29, 1.82) is 0 Å². The molecule has 1 unspecified atom stereocenters. The molecule has 3 aromatic rings. The lowest BCUT2D eigenvalue weighted by atomic mass is 9.88. The molecule has 1 aliphatic carbocycles. The zero-order valence-corrected chi connectivity index (χ0v) is 29.3. The van der Waals surface area contributed by atoms with E-state index in [-0.39, 0.29) is 24.8 Å². The average Bonchev–Trinajstić information content (AvgIpc) is 3.93. The molecule has 2 heterocycles. The largest absolute Gasteiger partial charge is 0.490 e. The van der Waals surface area contributed by atoms with E-state index in [0.29, 0.717) is 44.4 Å². The Labute approximate surface area is 289 Å². The molecule has 5 rings (SSSR count). The summed E-state index contributed by atoms with van der Waals surface area (Å²) in [5, 5.41) is 4.10. The van der Waals surface area contributed by atoms with Crippen LogP contribution in [0.3, 0.4) is 0 Å². The van der Waals surface area contributed by atoms with Gasteiger partial charge in [-0.2, -0.15) is 0 Å². The van der Waals surface area contributed by atoms with Crippen molar-refractivity contribution in [2.75, 3.05) is 54.0 Å². The number of carbonyl (C=O) groups excluding carboxylic acids is 1. The van der Waals surface area contributed by atoms with Gasteiger partial charge in [-0.15, -0.1) is 0 Å². The molecule has 0 spiro atoms. The minimum Gasteiger partial charge on any atom is -0.490 e. The molecular weight excluding hydrogens is 630 g/mol. The van der Waals surface area contributed by atoms with Gasteiger partial charge in [0.25, 0.3) is 5.91 Å². The normalized spacial score (nSPS) is 16.2. The van der Waals surface area contributed by atoms with Crippen molar-refractivity contribution in [3.05, 3.63) is 93.3 Å². The summed E-state index contributed by atoms with van der Waals surface area (Å²) in [4.78, 5) is 21.2. The van der Waals surface area contributed by atoms with Gasteiger partial charge < -0.3 is 33.9 Å². The van der Waals surface area contributed by atoms with Crippen LogP contribution in [0.2, 0.25) is 5.02 Å². The summed E-state index contributed by atoms with van der Waals surface area (Å²) >= 11 is 6.66. The van der Waals surface area contributed by atoms with Crippen LogP contribution in [0.5, 0.6) is 11.5 Å². The molecule has 48 heavy (non-hydrogen) atoms. The molecule has 1 aromatic heterocycles.